The lowest BCUT2D eigenvalue weighted by Crippen LogP contribution is -2.02. The van der Waals surface area contributed by atoms with Gasteiger partial charge in [-0.3, -0.25) is 0 Å². The van der Waals surface area contributed by atoms with E-state index in [9.17, 15) is 0 Å². The van der Waals surface area contributed by atoms with Gasteiger partial charge in [-0.15, -0.1) is 0 Å². The van der Waals surface area contributed by atoms with Crippen molar-refractivity contribution in [1.82, 2.24) is 0 Å². The van der Waals surface area contributed by atoms with Crippen LogP contribution < -0.4 is 0 Å². The van der Waals surface area contributed by atoms with Gasteiger partial charge in [0.1, 0.15) is 0 Å². The second-order valence-electron chi connectivity index (χ2n) is 3.01. The quantitative estimate of drug-likeness (QED) is 0.516. The fourth-order valence-corrected chi connectivity index (χ4v) is 0.789. The molecule has 0 aromatic rings. The van der Waals surface area contributed by atoms with Crippen LogP contribution >= 0.6 is 0 Å². The highest BCUT2D eigenvalue weighted by molar-refractivity contribution is 4.54. The van der Waals surface area contributed by atoms with Crippen molar-refractivity contribution in [2.45, 2.75) is 82.1 Å². The van der Waals surface area contributed by atoms with Gasteiger partial charge in [0, 0.05) is 0 Å². The van der Waals surface area contributed by atoms with E-state index in [1.54, 1.807) is 0 Å². The third-order valence-electron chi connectivity index (χ3n) is 1.88. The molecule has 0 saturated carbocycles. The van der Waals surface area contributed by atoms with Gasteiger partial charge in [-0.2, -0.15) is 0 Å². The van der Waals surface area contributed by atoms with Gasteiger partial charge in [0.25, 0.3) is 0 Å². The molecule has 0 radical (unpaired) electrons. The Hall–Kier alpha value is 0. The summed E-state index contributed by atoms with van der Waals surface area (Å²) in [7, 11) is 0. The maximum Gasteiger partial charge on any atom is -0.0420 e. The summed E-state index contributed by atoms with van der Waals surface area (Å²) in [4.78, 5) is 0. The smallest absolute Gasteiger partial charge is 0.0420 e. The molecule has 0 nitrogen and oxygen atoms in total. The van der Waals surface area contributed by atoms with Crippen LogP contribution in [0.1, 0.15) is 82.1 Å². The van der Waals surface area contributed by atoms with Crippen LogP contribution in [0.25, 0.3) is 0 Å². The lowest BCUT2D eigenvalue weighted by molar-refractivity contribution is 0.389. The van der Waals surface area contributed by atoms with E-state index in [-0.39, 0.29) is 0 Å². The van der Waals surface area contributed by atoms with Gasteiger partial charge in [0.05, 0.1) is 0 Å². The van der Waals surface area contributed by atoms with Crippen molar-refractivity contribution in [2.24, 2.45) is 11.8 Å². The SMILES string of the molecule is CC.CC.CC.CCCC(C)C(C)C. The molecule has 0 saturated heterocycles. The molecule has 0 bridgehead atoms. The molecule has 14 heavy (non-hydrogen) atoms. The standard InChI is InChI=1S/C8H18.3C2H6/c1-5-6-8(4)7(2)3;3*1-2/h7-8H,5-6H2,1-4H3;3*1-2H3. The molecule has 0 fully saturated rings. The van der Waals surface area contributed by atoms with Crippen molar-refractivity contribution in [3.05, 3.63) is 0 Å². The molecular weight excluding hydrogens is 168 g/mol. The Morgan fingerprint density at radius 1 is 0.714 bits per heavy atom. The van der Waals surface area contributed by atoms with Gasteiger partial charge in [-0.1, -0.05) is 82.1 Å². The van der Waals surface area contributed by atoms with Crippen molar-refractivity contribution >= 4 is 0 Å². The van der Waals surface area contributed by atoms with E-state index < -0.39 is 0 Å². The molecule has 1 atom stereocenters. The van der Waals surface area contributed by atoms with Gasteiger partial charge in [0.15, 0.2) is 0 Å². The molecule has 0 spiro atoms. The second kappa shape index (κ2) is 29.2. The van der Waals surface area contributed by atoms with Crippen molar-refractivity contribution < 1.29 is 0 Å². The van der Waals surface area contributed by atoms with E-state index in [2.05, 4.69) is 27.7 Å². The fourth-order valence-electron chi connectivity index (χ4n) is 0.789. The summed E-state index contributed by atoms with van der Waals surface area (Å²) in [6.45, 7) is 21.2. The monoisotopic (exact) mass is 204 g/mol. The van der Waals surface area contributed by atoms with Crippen LogP contribution in [0.15, 0.2) is 0 Å². The van der Waals surface area contributed by atoms with Crippen molar-refractivity contribution in [3.8, 4) is 0 Å². The third-order valence-corrected chi connectivity index (χ3v) is 1.88. The minimum atomic E-state index is 0.870. The van der Waals surface area contributed by atoms with E-state index in [0.29, 0.717) is 0 Å². The maximum absolute atomic E-state index is 2.33. The van der Waals surface area contributed by atoms with Crippen LogP contribution in [0.2, 0.25) is 0 Å². The lowest BCUT2D eigenvalue weighted by atomic mass is 9.94. The first-order valence-electron chi connectivity index (χ1n) is 6.68. The van der Waals surface area contributed by atoms with Crippen LogP contribution in [0.4, 0.5) is 0 Å². The zero-order valence-corrected chi connectivity index (χ0v) is 12.6. The molecule has 0 heterocycles. The van der Waals surface area contributed by atoms with Crippen molar-refractivity contribution in [2.75, 3.05) is 0 Å². The minimum absolute atomic E-state index is 0.870. The summed E-state index contributed by atoms with van der Waals surface area (Å²) < 4.78 is 0. The molecule has 0 aromatic heterocycles. The Kier molecular flexibility index (Phi) is 49.4. The first-order chi connectivity index (χ1) is 6.68. The van der Waals surface area contributed by atoms with Crippen LogP contribution in [-0.2, 0) is 0 Å². The summed E-state index contributed by atoms with van der Waals surface area (Å²) in [5.74, 6) is 1.79. The first kappa shape index (κ1) is 23.7. The minimum Gasteiger partial charge on any atom is -0.0683 e. The molecule has 92 valence electrons. The Morgan fingerprint density at radius 2 is 1.00 bits per heavy atom. The Labute approximate surface area is 94.5 Å². The van der Waals surface area contributed by atoms with Crippen LogP contribution in [0.3, 0.4) is 0 Å². The average Bonchev–Trinajstić information content (AvgIpc) is 2.27. The van der Waals surface area contributed by atoms with Crippen molar-refractivity contribution in [3.63, 3.8) is 0 Å². The van der Waals surface area contributed by atoms with Gasteiger partial charge in [0.2, 0.25) is 0 Å². The van der Waals surface area contributed by atoms with Crippen LogP contribution in [0, 0.1) is 11.8 Å². The Morgan fingerprint density at radius 3 is 1.07 bits per heavy atom. The largest absolute Gasteiger partial charge is 0.0683 e. The second-order valence-corrected chi connectivity index (χ2v) is 3.01. The number of hydrogen-bond acceptors (Lipinski definition) is 0. The predicted molar refractivity (Wildman–Crippen MR) is 73.0 cm³/mol. The normalized spacial score (nSPS) is 9.64. The third kappa shape index (κ3) is 29.6. The number of hydrogen-bond donors (Lipinski definition) is 0. The molecule has 0 aromatic carbocycles. The highest BCUT2D eigenvalue weighted by Crippen LogP contribution is 2.14. The van der Waals surface area contributed by atoms with Gasteiger partial charge < -0.3 is 0 Å². The molecule has 0 aliphatic carbocycles. The van der Waals surface area contributed by atoms with Gasteiger partial charge >= 0.3 is 0 Å². The van der Waals surface area contributed by atoms with Crippen LogP contribution in [-0.4, -0.2) is 0 Å². The molecule has 0 rings (SSSR count). The van der Waals surface area contributed by atoms with Crippen molar-refractivity contribution in [1.29, 1.82) is 0 Å². The topological polar surface area (TPSA) is 0 Å². The van der Waals surface area contributed by atoms with Gasteiger partial charge in [-0.25, -0.2) is 0 Å². The van der Waals surface area contributed by atoms with E-state index in [4.69, 9.17) is 0 Å². The molecule has 0 N–H and O–H groups in total. The summed E-state index contributed by atoms with van der Waals surface area (Å²) in [6, 6.07) is 0. The zero-order valence-electron chi connectivity index (χ0n) is 12.6. The summed E-state index contributed by atoms with van der Waals surface area (Å²) in [6.07, 6.45) is 2.72. The molecule has 1 unspecified atom stereocenters. The highest BCUT2D eigenvalue weighted by Gasteiger charge is 2.03. The maximum atomic E-state index is 2.33. The molecular formula is C14H36. The molecule has 0 aliphatic rings. The van der Waals surface area contributed by atoms with E-state index in [1.807, 2.05) is 41.5 Å². The Balaban J connectivity index is -0.0000000708. The Bertz CT molecular complexity index is 46.0. The molecule has 0 heteroatoms. The van der Waals surface area contributed by atoms with E-state index in [0.717, 1.165) is 11.8 Å². The summed E-state index contributed by atoms with van der Waals surface area (Å²) in [5.41, 5.74) is 0. The molecule has 0 aliphatic heterocycles. The number of rotatable bonds is 3. The lowest BCUT2D eigenvalue weighted by Gasteiger charge is -2.12. The zero-order chi connectivity index (χ0) is 12.6. The predicted octanol–water partition coefficient (Wildman–Crippen LogP) is 6.16. The van der Waals surface area contributed by atoms with E-state index in [1.165, 1.54) is 12.8 Å². The first-order valence-corrected chi connectivity index (χ1v) is 6.68. The van der Waals surface area contributed by atoms with E-state index >= 15 is 0 Å². The summed E-state index contributed by atoms with van der Waals surface area (Å²) in [5, 5.41) is 0. The molecule has 0 amide bonds. The fraction of sp³-hybridized carbons (Fsp3) is 1.00. The van der Waals surface area contributed by atoms with Gasteiger partial charge in [-0.05, 0) is 11.8 Å². The average molecular weight is 204 g/mol. The highest BCUT2D eigenvalue weighted by atomic mass is 14.1. The van der Waals surface area contributed by atoms with Crippen LogP contribution in [0.5, 0.6) is 0 Å². The summed E-state index contributed by atoms with van der Waals surface area (Å²) >= 11 is 0.